The van der Waals surface area contributed by atoms with E-state index in [0.717, 1.165) is 12.8 Å². The maximum Gasteiger partial charge on any atom is 0.317 e. The quantitative estimate of drug-likeness (QED) is 0.781. The molecule has 0 aromatic rings. The van der Waals surface area contributed by atoms with Crippen molar-refractivity contribution in [3.8, 4) is 0 Å². The van der Waals surface area contributed by atoms with Crippen molar-refractivity contribution in [2.24, 2.45) is 11.8 Å². The van der Waals surface area contributed by atoms with E-state index >= 15 is 0 Å². The van der Waals surface area contributed by atoms with Crippen LogP contribution in [0.1, 0.15) is 33.1 Å². The number of amides is 2. The molecule has 2 aliphatic heterocycles. The minimum atomic E-state index is -0.765. The molecule has 0 spiro atoms. The summed E-state index contributed by atoms with van der Waals surface area (Å²) in [7, 11) is 0. The lowest BCUT2D eigenvalue weighted by molar-refractivity contribution is -0.142. The van der Waals surface area contributed by atoms with E-state index in [1.165, 1.54) is 0 Å². The van der Waals surface area contributed by atoms with Gasteiger partial charge in [0.2, 0.25) is 0 Å². The van der Waals surface area contributed by atoms with Crippen LogP contribution in [0.3, 0.4) is 0 Å². The molecule has 0 saturated carbocycles. The van der Waals surface area contributed by atoms with Crippen LogP contribution in [0.5, 0.6) is 0 Å². The van der Waals surface area contributed by atoms with Crippen molar-refractivity contribution in [2.45, 2.75) is 45.2 Å². The highest BCUT2D eigenvalue weighted by Crippen LogP contribution is 2.41. The number of carboxylic acid groups (broad SMARTS) is 1. The molecule has 2 N–H and O–H groups in total. The zero-order chi connectivity index (χ0) is 12.6. The van der Waals surface area contributed by atoms with Crippen LogP contribution in [0.2, 0.25) is 0 Å². The Morgan fingerprint density at radius 2 is 2.12 bits per heavy atom. The highest BCUT2D eigenvalue weighted by molar-refractivity contribution is 5.79. The second-order valence-corrected chi connectivity index (χ2v) is 5.47. The number of carboxylic acids is 1. The highest BCUT2D eigenvalue weighted by Gasteiger charge is 2.51. The predicted molar refractivity (Wildman–Crippen MR) is 62.6 cm³/mol. The molecule has 2 aliphatic rings. The Balaban J connectivity index is 1.98. The van der Waals surface area contributed by atoms with E-state index in [1.807, 2.05) is 13.8 Å². The Bertz CT molecular complexity index is 330. The van der Waals surface area contributed by atoms with E-state index in [9.17, 15) is 9.59 Å². The molecule has 2 rings (SSSR count). The Morgan fingerprint density at radius 1 is 1.41 bits per heavy atom. The fourth-order valence-corrected chi connectivity index (χ4v) is 2.95. The van der Waals surface area contributed by atoms with E-state index in [1.54, 1.807) is 4.90 Å². The fourth-order valence-electron chi connectivity index (χ4n) is 2.95. The van der Waals surface area contributed by atoms with Crippen molar-refractivity contribution >= 4 is 12.0 Å². The van der Waals surface area contributed by atoms with Crippen LogP contribution in [0.25, 0.3) is 0 Å². The summed E-state index contributed by atoms with van der Waals surface area (Å²) >= 11 is 0. The number of carbonyl (C=O) groups is 2. The molecule has 5 heteroatoms. The van der Waals surface area contributed by atoms with Gasteiger partial charge in [-0.2, -0.15) is 0 Å². The second kappa shape index (κ2) is 4.55. The molecule has 3 atom stereocenters. The first kappa shape index (κ1) is 12.2. The largest absolute Gasteiger partial charge is 0.481 e. The van der Waals surface area contributed by atoms with E-state index in [0.29, 0.717) is 18.9 Å². The third-order valence-electron chi connectivity index (χ3n) is 3.75. The second-order valence-electron chi connectivity index (χ2n) is 5.47. The molecule has 2 amide bonds. The Labute approximate surface area is 101 Å². The van der Waals surface area contributed by atoms with Gasteiger partial charge in [0.1, 0.15) is 0 Å². The van der Waals surface area contributed by atoms with Crippen molar-refractivity contribution < 1.29 is 14.7 Å². The number of hydrogen-bond acceptors (Lipinski definition) is 2. The van der Waals surface area contributed by atoms with E-state index < -0.39 is 5.97 Å². The van der Waals surface area contributed by atoms with Crippen LogP contribution in [-0.4, -0.2) is 40.6 Å². The standard InChI is InChI=1S/C12H20N2O3/c1-7(2)6-13-12(17)14-8-3-4-10(14)9(5-8)11(15)16/h7-10H,3-6H2,1-2H3,(H,13,17)(H,15,16). The molecule has 0 radical (unpaired) electrons. The van der Waals surface area contributed by atoms with Gasteiger partial charge in [0.05, 0.1) is 5.92 Å². The summed E-state index contributed by atoms with van der Waals surface area (Å²) < 4.78 is 0. The molecule has 2 heterocycles. The highest BCUT2D eigenvalue weighted by atomic mass is 16.4. The predicted octanol–water partition coefficient (Wildman–Crippen LogP) is 1.29. The van der Waals surface area contributed by atoms with Crippen LogP contribution in [-0.2, 0) is 4.79 Å². The van der Waals surface area contributed by atoms with E-state index in [4.69, 9.17) is 5.11 Å². The topological polar surface area (TPSA) is 69.6 Å². The average molecular weight is 240 g/mol. The van der Waals surface area contributed by atoms with Gasteiger partial charge in [0.15, 0.2) is 0 Å². The lowest BCUT2D eigenvalue weighted by Gasteiger charge is -2.23. The maximum atomic E-state index is 12.0. The number of urea groups is 1. The number of nitrogens with one attached hydrogen (secondary N) is 1. The summed E-state index contributed by atoms with van der Waals surface area (Å²) in [5.41, 5.74) is 0. The van der Waals surface area contributed by atoms with Gasteiger partial charge in [-0.1, -0.05) is 13.8 Å². The summed E-state index contributed by atoms with van der Waals surface area (Å²) in [6, 6.07) is -0.0483. The molecule has 3 unspecified atom stereocenters. The third-order valence-corrected chi connectivity index (χ3v) is 3.75. The summed E-state index contributed by atoms with van der Waals surface area (Å²) in [5, 5.41) is 12.0. The van der Waals surface area contributed by atoms with Crippen molar-refractivity contribution in [2.75, 3.05) is 6.54 Å². The van der Waals surface area contributed by atoms with Crippen LogP contribution in [0, 0.1) is 11.8 Å². The minimum absolute atomic E-state index is 0.0880. The van der Waals surface area contributed by atoms with Gasteiger partial charge in [0.25, 0.3) is 0 Å². The smallest absolute Gasteiger partial charge is 0.317 e. The summed E-state index contributed by atoms with van der Waals surface area (Å²) in [4.78, 5) is 24.8. The lowest BCUT2D eigenvalue weighted by Crippen LogP contribution is -2.45. The zero-order valence-electron chi connectivity index (χ0n) is 10.3. The van der Waals surface area contributed by atoms with Crippen LogP contribution < -0.4 is 5.32 Å². The van der Waals surface area contributed by atoms with Gasteiger partial charge < -0.3 is 15.3 Å². The van der Waals surface area contributed by atoms with E-state index in [2.05, 4.69) is 5.32 Å². The average Bonchev–Trinajstić information content (AvgIpc) is 2.82. The van der Waals surface area contributed by atoms with Gasteiger partial charge in [-0.15, -0.1) is 0 Å². The molecular weight excluding hydrogens is 220 g/mol. The molecule has 0 aromatic heterocycles. The molecule has 0 aliphatic carbocycles. The van der Waals surface area contributed by atoms with Crippen molar-refractivity contribution in [1.29, 1.82) is 0 Å². The molecule has 2 bridgehead atoms. The molecule has 2 fully saturated rings. The number of nitrogens with zero attached hydrogens (tertiary/aromatic N) is 1. The van der Waals surface area contributed by atoms with Crippen molar-refractivity contribution in [3.05, 3.63) is 0 Å². The first-order valence-corrected chi connectivity index (χ1v) is 6.29. The van der Waals surface area contributed by atoms with Crippen LogP contribution in [0.4, 0.5) is 4.79 Å². The number of fused-ring (bicyclic) bond motifs is 2. The zero-order valence-corrected chi connectivity index (χ0v) is 10.3. The lowest BCUT2D eigenvalue weighted by atomic mass is 9.89. The molecule has 17 heavy (non-hydrogen) atoms. The van der Waals surface area contributed by atoms with Gasteiger partial charge >= 0.3 is 12.0 Å². The number of rotatable bonds is 3. The molecule has 96 valence electrons. The monoisotopic (exact) mass is 240 g/mol. The molecular formula is C12H20N2O3. The van der Waals surface area contributed by atoms with Gasteiger partial charge in [-0.05, 0) is 25.2 Å². The SMILES string of the molecule is CC(C)CNC(=O)N1C2CCC1C(C(=O)O)C2. The maximum absolute atomic E-state index is 12.0. The Kier molecular flexibility index (Phi) is 3.26. The summed E-state index contributed by atoms with van der Waals surface area (Å²) in [5.74, 6) is -0.716. The normalized spacial score (nSPS) is 31.0. The number of carbonyl (C=O) groups excluding carboxylic acids is 1. The van der Waals surface area contributed by atoms with Crippen molar-refractivity contribution in [3.63, 3.8) is 0 Å². The first-order chi connectivity index (χ1) is 8.00. The molecule has 2 saturated heterocycles. The number of hydrogen-bond donors (Lipinski definition) is 2. The molecule has 0 aromatic carbocycles. The van der Waals surface area contributed by atoms with E-state index in [-0.39, 0.29) is 24.0 Å². The Hall–Kier alpha value is -1.26. The van der Waals surface area contributed by atoms with Crippen LogP contribution >= 0.6 is 0 Å². The third kappa shape index (κ3) is 2.23. The summed E-state index contributed by atoms with van der Waals surface area (Å²) in [6.45, 7) is 4.73. The van der Waals surface area contributed by atoms with Crippen LogP contribution in [0.15, 0.2) is 0 Å². The van der Waals surface area contributed by atoms with Crippen molar-refractivity contribution in [1.82, 2.24) is 10.2 Å². The van der Waals surface area contributed by atoms with Gasteiger partial charge in [-0.3, -0.25) is 4.79 Å². The van der Waals surface area contributed by atoms with Gasteiger partial charge in [0, 0.05) is 18.6 Å². The minimum Gasteiger partial charge on any atom is -0.481 e. The fraction of sp³-hybridized carbons (Fsp3) is 0.833. The first-order valence-electron chi connectivity index (χ1n) is 6.29. The molecule has 5 nitrogen and oxygen atoms in total. The number of aliphatic carboxylic acids is 1. The Morgan fingerprint density at radius 3 is 2.65 bits per heavy atom. The van der Waals surface area contributed by atoms with Gasteiger partial charge in [-0.25, -0.2) is 4.79 Å². The summed E-state index contributed by atoms with van der Waals surface area (Å²) in [6.07, 6.45) is 2.40.